The zero-order valence-electron chi connectivity index (χ0n) is 16.7. The number of hydrogen-bond donors (Lipinski definition) is 2. The lowest BCUT2D eigenvalue weighted by molar-refractivity contribution is 0.103. The van der Waals surface area contributed by atoms with Crippen LogP contribution in [0.15, 0.2) is 66.9 Å². The van der Waals surface area contributed by atoms with Gasteiger partial charge in [0.05, 0.1) is 11.6 Å². The summed E-state index contributed by atoms with van der Waals surface area (Å²) in [5.74, 6) is 0.0270. The van der Waals surface area contributed by atoms with Crippen LogP contribution in [0.5, 0.6) is 0 Å². The van der Waals surface area contributed by atoms with Crippen LogP contribution >= 0.6 is 22.6 Å². The van der Waals surface area contributed by atoms with E-state index < -0.39 is 0 Å². The van der Waals surface area contributed by atoms with Gasteiger partial charge >= 0.3 is 0 Å². The largest absolute Gasteiger partial charge is 0.364 e. The van der Waals surface area contributed by atoms with Crippen molar-refractivity contribution in [3.05, 3.63) is 115 Å². The van der Waals surface area contributed by atoms with E-state index in [4.69, 9.17) is 0 Å². The van der Waals surface area contributed by atoms with Crippen molar-refractivity contribution in [1.29, 1.82) is 0 Å². The molecule has 29 heavy (non-hydrogen) atoms. The van der Waals surface area contributed by atoms with Gasteiger partial charge in [-0.1, -0.05) is 17.7 Å². The second-order valence-electron chi connectivity index (χ2n) is 7.53. The molecule has 0 radical (unpaired) electrons. The van der Waals surface area contributed by atoms with Crippen molar-refractivity contribution in [2.24, 2.45) is 0 Å². The van der Waals surface area contributed by atoms with E-state index in [-0.39, 0.29) is 11.7 Å². The summed E-state index contributed by atoms with van der Waals surface area (Å²) < 4.78 is 1.11. The third kappa shape index (κ3) is 3.94. The van der Waals surface area contributed by atoms with Crippen molar-refractivity contribution < 1.29 is 4.79 Å². The highest BCUT2D eigenvalue weighted by molar-refractivity contribution is 14.1. The molecule has 0 aliphatic heterocycles. The predicted molar refractivity (Wildman–Crippen MR) is 126 cm³/mol. The molecule has 2 N–H and O–H groups in total. The number of halogens is 1. The zero-order chi connectivity index (χ0) is 20.5. The highest BCUT2D eigenvalue weighted by Gasteiger charge is 2.24. The average Bonchev–Trinajstić information content (AvgIpc) is 3.37. The van der Waals surface area contributed by atoms with E-state index in [2.05, 4.69) is 71.5 Å². The van der Waals surface area contributed by atoms with Gasteiger partial charge in [0.15, 0.2) is 0 Å². The summed E-state index contributed by atoms with van der Waals surface area (Å²) in [6.07, 6.45) is 1.95. The molecule has 0 aliphatic rings. The fourth-order valence-corrected chi connectivity index (χ4v) is 4.48. The molecule has 3 nitrogen and oxygen atoms in total. The summed E-state index contributed by atoms with van der Waals surface area (Å²) in [6, 6.07) is 20.2. The van der Waals surface area contributed by atoms with Crippen LogP contribution in [0.2, 0.25) is 0 Å². The maximum absolute atomic E-state index is 13.0. The molecule has 4 heteroatoms. The van der Waals surface area contributed by atoms with Crippen molar-refractivity contribution in [3.63, 3.8) is 0 Å². The molecule has 4 rings (SSSR count). The Labute approximate surface area is 184 Å². The van der Waals surface area contributed by atoms with Gasteiger partial charge in [0.2, 0.25) is 5.78 Å². The molecule has 1 atom stereocenters. The lowest BCUT2D eigenvalue weighted by Crippen LogP contribution is -2.10. The number of aromatic amines is 2. The molecule has 4 aromatic rings. The quantitative estimate of drug-likeness (QED) is 0.249. The first kappa shape index (κ1) is 19.7. The first-order valence-electron chi connectivity index (χ1n) is 9.64. The Morgan fingerprint density at radius 2 is 1.59 bits per heavy atom. The van der Waals surface area contributed by atoms with Crippen LogP contribution in [0.25, 0.3) is 0 Å². The number of hydrogen-bond acceptors (Lipinski definition) is 1. The molecule has 0 saturated carbocycles. The number of aryl methyl sites for hydroxylation is 3. The third-order valence-corrected chi connectivity index (χ3v) is 6.05. The average molecular weight is 494 g/mol. The molecule has 0 spiro atoms. The van der Waals surface area contributed by atoms with E-state index in [0.29, 0.717) is 11.3 Å². The molecular weight excluding hydrogens is 471 g/mol. The molecule has 2 heterocycles. The van der Waals surface area contributed by atoms with Crippen LogP contribution in [0.1, 0.15) is 55.6 Å². The molecule has 1 unspecified atom stereocenters. The normalized spacial score (nSPS) is 12.1. The van der Waals surface area contributed by atoms with E-state index in [0.717, 1.165) is 15.0 Å². The fraction of sp³-hybridized carbons (Fsp3) is 0.160. The van der Waals surface area contributed by atoms with E-state index in [1.54, 1.807) is 0 Å². The van der Waals surface area contributed by atoms with Crippen LogP contribution in [0.4, 0.5) is 0 Å². The van der Waals surface area contributed by atoms with E-state index in [9.17, 15) is 4.79 Å². The molecule has 146 valence electrons. The van der Waals surface area contributed by atoms with Crippen molar-refractivity contribution >= 4 is 28.4 Å². The van der Waals surface area contributed by atoms with Gasteiger partial charge in [0.1, 0.15) is 0 Å². The molecule has 0 bridgehead atoms. The standard InChI is InChI=1S/C25H23IN2O/c1-15-13-16(2)23(17(3)14-15)24(20-5-4-12-27-20)21-10-11-22(28-21)25(29)18-6-8-19(26)9-7-18/h4-14,24,27-28H,1-3H3. The molecule has 0 saturated heterocycles. The summed E-state index contributed by atoms with van der Waals surface area (Å²) in [5.41, 5.74) is 8.46. The number of carbonyl (C=O) groups is 1. The minimum Gasteiger partial charge on any atom is -0.364 e. The zero-order valence-corrected chi connectivity index (χ0v) is 18.9. The smallest absolute Gasteiger partial charge is 0.209 e. The van der Waals surface area contributed by atoms with Crippen LogP contribution in [0, 0.1) is 24.3 Å². The Morgan fingerprint density at radius 3 is 2.21 bits per heavy atom. The Kier molecular flexibility index (Phi) is 5.46. The number of rotatable bonds is 5. The van der Waals surface area contributed by atoms with Gasteiger partial charge in [-0.3, -0.25) is 4.79 Å². The predicted octanol–water partition coefficient (Wildman–Crippen LogP) is 6.28. The van der Waals surface area contributed by atoms with Gasteiger partial charge in [-0.05, 0) is 109 Å². The van der Waals surface area contributed by atoms with E-state index in [1.807, 2.05) is 48.7 Å². The summed E-state index contributed by atoms with van der Waals surface area (Å²) in [4.78, 5) is 19.7. The van der Waals surface area contributed by atoms with Gasteiger partial charge in [-0.25, -0.2) is 0 Å². The topological polar surface area (TPSA) is 48.6 Å². The molecule has 0 fully saturated rings. The summed E-state index contributed by atoms with van der Waals surface area (Å²) in [6.45, 7) is 6.44. The first-order chi connectivity index (χ1) is 13.9. The molecule has 0 amide bonds. The minimum absolute atomic E-state index is 0.00948. The number of benzene rings is 2. The van der Waals surface area contributed by atoms with E-state index in [1.165, 1.54) is 22.3 Å². The second-order valence-corrected chi connectivity index (χ2v) is 8.78. The van der Waals surface area contributed by atoms with Crippen molar-refractivity contribution in [3.8, 4) is 0 Å². The summed E-state index contributed by atoms with van der Waals surface area (Å²) >= 11 is 2.25. The molecule has 0 aliphatic carbocycles. The van der Waals surface area contributed by atoms with Gasteiger partial charge in [-0.2, -0.15) is 0 Å². The van der Waals surface area contributed by atoms with E-state index >= 15 is 0 Å². The number of H-pyrrole nitrogens is 2. The highest BCUT2D eigenvalue weighted by Crippen LogP contribution is 2.35. The third-order valence-electron chi connectivity index (χ3n) is 5.33. The van der Waals surface area contributed by atoms with Crippen LogP contribution in [0.3, 0.4) is 0 Å². The molecular formula is C25H23IN2O. The number of nitrogens with one attached hydrogen (secondary N) is 2. The Bertz CT molecular complexity index is 1130. The van der Waals surface area contributed by atoms with Gasteiger partial charge in [0, 0.05) is 26.7 Å². The lowest BCUT2D eigenvalue weighted by atomic mass is 9.85. The van der Waals surface area contributed by atoms with Crippen molar-refractivity contribution in [2.75, 3.05) is 0 Å². The SMILES string of the molecule is Cc1cc(C)c(C(c2ccc[nH]2)c2ccc(C(=O)c3ccc(I)cc3)[nH]2)c(C)c1. The van der Waals surface area contributed by atoms with Crippen LogP contribution < -0.4 is 0 Å². The Morgan fingerprint density at radius 1 is 0.897 bits per heavy atom. The fourth-order valence-electron chi connectivity index (χ4n) is 4.12. The highest BCUT2D eigenvalue weighted by atomic mass is 127. The number of ketones is 1. The first-order valence-corrected chi connectivity index (χ1v) is 10.7. The van der Waals surface area contributed by atoms with Crippen LogP contribution in [-0.4, -0.2) is 15.8 Å². The monoisotopic (exact) mass is 494 g/mol. The maximum atomic E-state index is 13.0. The second kappa shape index (κ2) is 8.03. The van der Waals surface area contributed by atoms with Gasteiger partial charge < -0.3 is 9.97 Å². The minimum atomic E-state index is 0.00948. The Balaban J connectivity index is 1.78. The molecule has 2 aromatic heterocycles. The number of aromatic nitrogens is 2. The summed E-state index contributed by atoms with van der Waals surface area (Å²) in [7, 11) is 0. The van der Waals surface area contributed by atoms with Crippen molar-refractivity contribution in [1.82, 2.24) is 9.97 Å². The van der Waals surface area contributed by atoms with Gasteiger partial charge in [-0.15, -0.1) is 0 Å². The van der Waals surface area contributed by atoms with Crippen LogP contribution in [-0.2, 0) is 0 Å². The molecule has 2 aromatic carbocycles. The maximum Gasteiger partial charge on any atom is 0.209 e. The van der Waals surface area contributed by atoms with Crippen molar-refractivity contribution in [2.45, 2.75) is 26.7 Å². The van der Waals surface area contributed by atoms with Gasteiger partial charge in [0.25, 0.3) is 0 Å². The summed E-state index contributed by atoms with van der Waals surface area (Å²) in [5, 5.41) is 0. The number of carbonyl (C=O) groups excluding carboxylic acids is 1. The Hall–Kier alpha value is -2.60. The lowest BCUT2D eigenvalue weighted by Gasteiger charge is -2.21.